The first kappa shape index (κ1) is 5.39. The maximum absolute atomic E-state index is 2.69. The minimum absolute atomic E-state index is 1.12. The van der Waals surface area contributed by atoms with Crippen LogP contribution in [0.5, 0.6) is 0 Å². The van der Waals surface area contributed by atoms with Gasteiger partial charge in [0.15, 0.2) is 0 Å². The summed E-state index contributed by atoms with van der Waals surface area (Å²) in [6, 6.07) is 0. The van der Waals surface area contributed by atoms with Crippen LogP contribution in [-0.4, -0.2) is 3.92 Å². The van der Waals surface area contributed by atoms with Gasteiger partial charge in [0.1, 0.15) is 0 Å². The Morgan fingerprint density at radius 2 is 1.30 bits per heavy atom. The molecule has 0 amide bonds. The maximum Gasteiger partial charge on any atom is 0.0178 e. The Bertz CT molecular complexity index is 183. The molecular weight excluding hydrogens is 235 g/mol. The summed E-state index contributed by atoms with van der Waals surface area (Å²) < 4.78 is 1.12. The van der Waals surface area contributed by atoms with E-state index < -0.39 is 0 Å². The average molecular weight is 246 g/mol. The van der Waals surface area contributed by atoms with Crippen molar-refractivity contribution in [1.82, 2.24) is 0 Å². The molecule has 0 heterocycles. The zero-order valence-electron chi connectivity index (χ0n) is 5.83. The van der Waals surface area contributed by atoms with Crippen molar-refractivity contribution in [2.45, 2.75) is 16.8 Å². The van der Waals surface area contributed by atoms with Gasteiger partial charge in [-0.05, 0) is 48.3 Å². The minimum atomic E-state index is 1.12. The maximum atomic E-state index is 2.69. The number of hydrogen-bond acceptors (Lipinski definition) is 0. The van der Waals surface area contributed by atoms with Gasteiger partial charge in [-0.15, -0.1) is 0 Å². The van der Waals surface area contributed by atoms with Crippen molar-refractivity contribution in [3.05, 3.63) is 0 Å². The minimum Gasteiger partial charge on any atom is -0.0820 e. The molecule has 1 heteroatoms. The normalized spacial score (nSPS) is 80.7. The number of hydrogen-bond donors (Lipinski definition) is 0. The smallest absolute Gasteiger partial charge is 0.0178 e. The van der Waals surface area contributed by atoms with E-state index in [2.05, 4.69) is 22.6 Å². The molecule has 4 fully saturated rings. The molecule has 0 radical (unpaired) electrons. The largest absolute Gasteiger partial charge is 0.0820 e. The Morgan fingerprint density at radius 3 is 1.70 bits per heavy atom. The Kier molecular flexibility index (Phi) is 0.710. The average Bonchev–Trinajstić information content (AvgIpc) is 2.42. The molecule has 4 rings (SSSR count). The molecule has 0 aromatic carbocycles. The Labute approximate surface area is 74.9 Å². The fourth-order valence-corrected chi connectivity index (χ4v) is 5.81. The lowest BCUT2D eigenvalue weighted by Crippen LogP contribution is -2.60. The molecule has 4 aliphatic rings. The third-order valence-corrected chi connectivity index (χ3v) is 6.41. The fraction of sp³-hybridized carbons (Fsp3) is 1.00. The molecule has 0 aliphatic heterocycles. The highest BCUT2D eigenvalue weighted by atomic mass is 127. The summed E-state index contributed by atoms with van der Waals surface area (Å²) in [5.74, 6) is 7.45. The van der Waals surface area contributed by atoms with E-state index in [4.69, 9.17) is 0 Å². The highest BCUT2D eigenvalue weighted by Crippen LogP contribution is 2.82. The molecule has 10 heavy (non-hydrogen) atoms. The van der Waals surface area contributed by atoms with Crippen molar-refractivity contribution in [3.8, 4) is 0 Å². The van der Waals surface area contributed by atoms with E-state index in [0.29, 0.717) is 0 Å². The number of alkyl halides is 1. The lowest BCUT2D eigenvalue weighted by Gasteiger charge is -2.65. The first-order valence-corrected chi connectivity index (χ1v) is 5.78. The molecule has 0 spiro atoms. The van der Waals surface area contributed by atoms with E-state index in [1.54, 1.807) is 12.8 Å². The van der Waals surface area contributed by atoms with E-state index in [-0.39, 0.29) is 0 Å². The molecule has 0 bridgehead atoms. The summed E-state index contributed by atoms with van der Waals surface area (Å²) >= 11 is 2.69. The standard InChI is InChI=1S/C9H11I/c10-9-7-5-3-1-2-4(3)6(5)8(7)9/h3-9H,1-2H2. The van der Waals surface area contributed by atoms with Gasteiger partial charge in [-0.1, -0.05) is 22.6 Å². The quantitative estimate of drug-likeness (QED) is 0.454. The fourth-order valence-electron chi connectivity index (χ4n) is 4.13. The van der Waals surface area contributed by atoms with Crippen LogP contribution < -0.4 is 0 Å². The SMILES string of the molecule is IC1C2C1C1C3CCC3C21. The van der Waals surface area contributed by atoms with Crippen molar-refractivity contribution >= 4 is 22.6 Å². The summed E-state index contributed by atoms with van der Waals surface area (Å²) in [5.41, 5.74) is 0. The van der Waals surface area contributed by atoms with E-state index in [0.717, 1.165) is 3.92 Å². The van der Waals surface area contributed by atoms with Gasteiger partial charge in [0.2, 0.25) is 0 Å². The van der Waals surface area contributed by atoms with Crippen molar-refractivity contribution in [1.29, 1.82) is 0 Å². The highest BCUT2D eigenvalue weighted by molar-refractivity contribution is 14.1. The summed E-state index contributed by atoms with van der Waals surface area (Å²) in [4.78, 5) is 0. The number of rotatable bonds is 0. The van der Waals surface area contributed by atoms with Gasteiger partial charge < -0.3 is 0 Å². The third-order valence-electron chi connectivity index (χ3n) is 4.74. The molecule has 0 nitrogen and oxygen atoms in total. The lowest BCUT2D eigenvalue weighted by molar-refractivity contribution is -0.174. The molecule has 0 aromatic rings. The Balaban J connectivity index is 1.71. The van der Waals surface area contributed by atoms with Crippen LogP contribution in [-0.2, 0) is 0 Å². The zero-order chi connectivity index (χ0) is 6.46. The summed E-state index contributed by atoms with van der Waals surface area (Å²) in [6.07, 6.45) is 3.19. The van der Waals surface area contributed by atoms with Crippen LogP contribution in [0.25, 0.3) is 0 Å². The second-order valence-corrected chi connectivity index (χ2v) is 6.10. The number of halogens is 1. The molecule has 54 valence electrons. The second-order valence-electron chi connectivity index (χ2n) is 4.66. The molecule has 0 N–H and O–H groups in total. The van der Waals surface area contributed by atoms with E-state index in [9.17, 15) is 0 Å². The lowest BCUT2D eigenvalue weighted by atomic mass is 9.39. The van der Waals surface area contributed by atoms with Crippen LogP contribution in [0.2, 0.25) is 0 Å². The van der Waals surface area contributed by atoms with Crippen molar-refractivity contribution < 1.29 is 0 Å². The zero-order valence-corrected chi connectivity index (χ0v) is 7.99. The van der Waals surface area contributed by atoms with Crippen LogP contribution in [0.1, 0.15) is 12.8 Å². The van der Waals surface area contributed by atoms with E-state index in [1.165, 1.54) is 35.5 Å². The molecule has 6 unspecified atom stereocenters. The van der Waals surface area contributed by atoms with Crippen molar-refractivity contribution in [2.75, 3.05) is 0 Å². The first-order valence-electron chi connectivity index (χ1n) is 4.53. The second kappa shape index (κ2) is 1.32. The molecule has 0 aromatic heterocycles. The van der Waals surface area contributed by atoms with Crippen LogP contribution in [0.15, 0.2) is 0 Å². The predicted octanol–water partition coefficient (Wildman–Crippen LogP) is 2.32. The number of fused-ring (bicyclic) bond motifs is 7. The monoisotopic (exact) mass is 246 g/mol. The molecule has 4 aliphatic carbocycles. The van der Waals surface area contributed by atoms with Crippen LogP contribution in [0, 0.1) is 35.5 Å². The summed E-state index contributed by atoms with van der Waals surface area (Å²) in [6.45, 7) is 0. The van der Waals surface area contributed by atoms with Gasteiger partial charge in [-0.3, -0.25) is 0 Å². The summed E-state index contributed by atoms with van der Waals surface area (Å²) in [5, 5.41) is 0. The highest BCUT2D eigenvalue weighted by Gasteiger charge is 2.79. The molecule has 0 saturated heterocycles. The van der Waals surface area contributed by atoms with Crippen molar-refractivity contribution in [3.63, 3.8) is 0 Å². The van der Waals surface area contributed by atoms with Crippen LogP contribution in [0.3, 0.4) is 0 Å². The van der Waals surface area contributed by atoms with Gasteiger partial charge in [0.05, 0.1) is 0 Å². The van der Waals surface area contributed by atoms with Gasteiger partial charge in [-0.2, -0.15) is 0 Å². The van der Waals surface area contributed by atoms with Crippen LogP contribution in [0.4, 0.5) is 0 Å². The summed E-state index contributed by atoms with van der Waals surface area (Å²) in [7, 11) is 0. The molecule has 4 saturated carbocycles. The van der Waals surface area contributed by atoms with E-state index in [1.807, 2.05) is 0 Å². The van der Waals surface area contributed by atoms with Crippen molar-refractivity contribution in [2.24, 2.45) is 35.5 Å². The van der Waals surface area contributed by atoms with Gasteiger partial charge in [0, 0.05) is 3.92 Å². The predicted molar refractivity (Wildman–Crippen MR) is 48.0 cm³/mol. The van der Waals surface area contributed by atoms with Crippen LogP contribution >= 0.6 is 22.6 Å². The molecule has 6 atom stereocenters. The topological polar surface area (TPSA) is 0 Å². The third kappa shape index (κ3) is 0.330. The van der Waals surface area contributed by atoms with Gasteiger partial charge >= 0.3 is 0 Å². The Morgan fingerprint density at radius 1 is 0.800 bits per heavy atom. The van der Waals surface area contributed by atoms with Gasteiger partial charge in [0.25, 0.3) is 0 Å². The Hall–Kier alpha value is 0.730. The van der Waals surface area contributed by atoms with E-state index >= 15 is 0 Å². The van der Waals surface area contributed by atoms with Gasteiger partial charge in [-0.25, -0.2) is 0 Å². The first-order chi connectivity index (χ1) is 4.89. The molecular formula is C9H11I.